The van der Waals surface area contributed by atoms with E-state index in [1.807, 2.05) is 12.4 Å². The van der Waals surface area contributed by atoms with Gasteiger partial charge in [0.25, 0.3) is 0 Å². The fourth-order valence-electron chi connectivity index (χ4n) is 1.85. The number of hydrogen-bond acceptors (Lipinski definition) is 3. The van der Waals surface area contributed by atoms with Crippen LogP contribution in [0.25, 0.3) is 0 Å². The van der Waals surface area contributed by atoms with E-state index >= 15 is 0 Å². The van der Waals surface area contributed by atoms with E-state index in [0.29, 0.717) is 6.10 Å². The molecule has 1 unspecified atom stereocenters. The van der Waals surface area contributed by atoms with Crippen LogP contribution in [0.3, 0.4) is 0 Å². The Bertz CT molecular complexity index is 270. The van der Waals surface area contributed by atoms with Crippen molar-refractivity contribution in [3.8, 4) is 0 Å². The number of hydrogen-bond donors (Lipinski definition) is 1. The van der Waals surface area contributed by atoms with Crippen LogP contribution in [0.5, 0.6) is 0 Å². The van der Waals surface area contributed by atoms with Crippen molar-refractivity contribution in [3.05, 3.63) is 30.1 Å². The quantitative estimate of drug-likeness (QED) is 0.739. The summed E-state index contributed by atoms with van der Waals surface area (Å²) in [6, 6.07) is 4.13. The minimum atomic E-state index is 0.447. The SMILES string of the molecule is c1cc(CCNCC2CCCO2)ccn1. The molecule has 0 aliphatic carbocycles. The summed E-state index contributed by atoms with van der Waals surface area (Å²) in [7, 11) is 0. The summed E-state index contributed by atoms with van der Waals surface area (Å²) in [6.07, 6.45) is 7.63. The highest BCUT2D eigenvalue weighted by atomic mass is 16.5. The van der Waals surface area contributed by atoms with Crippen molar-refractivity contribution in [2.45, 2.75) is 25.4 Å². The fourth-order valence-corrected chi connectivity index (χ4v) is 1.85. The number of pyridine rings is 1. The second-order valence-corrected chi connectivity index (χ2v) is 3.94. The van der Waals surface area contributed by atoms with E-state index in [9.17, 15) is 0 Å². The molecule has 0 spiro atoms. The monoisotopic (exact) mass is 206 g/mol. The number of aromatic nitrogens is 1. The molecule has 1 saturated heterocycles. The predicted octanol–water partition coefficient (Wildman–Crippen LogP) is 1.39. The lowest BCUT2D eigenvalue weighted by Crippen LogP contribution is -2.27. The molecule has 1 atom stereocenters. The molecule has 2 heterocycles. The van der Waals surface area contributed by atoms with Crippen molar-refractivity contribution >= 4 is 0 Å². The van der Waals surface area contributed by atoms with E-state index in [2.05, 4.69) is 22.4 Å². The van der Waals surface area contributed by atoms with E-state index in [-0.39, 0.29) is 0 Å². The van der Waals surface area contributed by atoms with Crippen molar-refractivity contribution in [3.63, 3.8) is 0 Å². The van der Waals surface area contributed by atoms with Crippen LogP contribution in [-0.2, 0) is 11.2 Å². The molecule has 3 heteroatoms. The molecule has 1 aliphatic rings. The summed E-state index contributed by atoms with van der Waals surface area (Å²) in [5.41, 5.74) is 1.34. The molecule has 15 heavy (non-hydrogen) atoms. The molecule has 1 aliphatic heterocycles. The zero-order chi connectivity index (χ0) is 10.3. The molecule has 82 valence electrons. The maximum Gasteiger partial charge on any atom is 0.0700 e. The summed E-state index contributed by atoms with van der Waals surface area (Å²) in [5, 5.41) is 3.43. The lowest BCUT2D eigenvalue weighted by atomic mass is 10.2. The fraction of sp³-hybridized carbons (Fsp3) is 0.583. The van der Waals surface area contributed by atoms with Crippen LogP contribution in [-0.4, -0.2) is 30.8 Å². The van der Waals surface area contributed by atoms with Crippen molar-refractivity contribution in [2.24, 2.45) is 0 Å². The third-order valence-corrected chi connectivity index (χ3v) is 2.74. The lowest BCUT2D eigenvalue weighted by molar-refractivity contribution is 0.110. The largest absolute Gasteiger partial charge is 0.377 e. The van der Waals surface area contributed by atoms with E-state index < -0.39 is 0 Å². The van der Waals surface area contributed by atoms with Crippen LogP contribution in [0, 0.1) is 0 Å². The second kappa shape index (κ2) is 5.83. The van der Waals surface area contributed by atoms with Crippen molar-refractivity contribution < 1.29 is 4.74 Å². The topological polar surface area (TPSA) is 34.1 Å². The first kappa shape index (κ1) is 10.6. The van der Waals surface area contributed by atoms with Gasteiger partial charge in [-0.05, 0) is 43.5 Å². The first-order valence-corrected chi connectivity index (χ1v) is 5.66. The minimum absolute atomic E-state index is 0.447. The number of rotatable bonds is 5. The van der Waals surface area contributed by atoms with Gasteiger partial charge in [-0.25, -0.2) is 0 Å². The average molecular weight is 206 g/mol. The zero-order valence-corrected chi connectivity index (χ0v) is 8.98. The van der Waals surface area contributed by atoms with Gasteiger partial charge in [-0.2, -0.15) is 0 Å². The highest BCUT2D eigenvalue weighted by molar-refractivity contribution is 5.09. The van der Waals surface area contributed by atoms with Gasteiger partial charge in [-0.1, -0.05) is 0 Å². The highest BCUT2D eigenvalue weighted by Crippen LogP contribution is 2.10. The molecule has 0 amide bonds. The summed E-state index contributed by atoms with van der Waals surface area (Å²) >= 11 is 0. The Labute approximate surface area is 90.9 Å². The van der Waals surface area contributed by atoms with Gasteiger partial charge in [0.1, 0.15) is 0 Å². The summed E-state index contributed by atoms with van der Waals surface area (Å²) in [6.45, 7) is 2.95. The van der Waals surface area contributed by atoms with Gasteiger partial charge in [-0.15, -0.1) is 0 Å². The average Bonchev–Trinajstić information content (AvgIpc) is 2.79. The minimum Gasteiger partial charge on any atom is -0.377 e. The highest BCUT2D eigenvalue weighted by Gasteiger charge is 2.13. The van der Waals surface area contributed by atoms with Gasteiger partial charge in [0.05, 0.1) is 6.10 Å². The third-order valence-electron chi connectivity index (χ3n) is 2.74. The normalized spacial score (nSPS) is 20.7. The van der Waals surface area contributed by atoms with Crippen LogP contribution in [0.15, 0.2) is 24.5 Å². The third kappa shape index (κ3) is 3.61. The number of nitrogens with one attached hydrogen (secondary N) is 1. The van der Waals surface area contributed by atoms with Crippen LogP contribution in [0.1, 0.15) is 18.4 Å². The van der Waals surface area contributed by atoms with Crippen molar-refractivity contribution in [1.82, 2.24) is 10.3 Å². The summed E-state index contributed by atoms with van der Waals surface area (Å²) < 4.78 is 5.53. The molecule has 1 fully saturated rings. The molecular weight excluding hydrogens is 188 g/mol. The first-order chi connectivity index (χ1) is 7.45. The standard InChI is InChI=1S/C12H18N2O/c1-2-12(15-9-1)10-14-8-5-11-3-6-13-7-4-11/h3-4,6-7,12,14H,1-2,5,8-10H2. The molecule has 1 N–H and O–H groups in total. The van der Waals surface area contributed by atoms with Gasteiger partial charge in [0, 0.05) is 25.5 Å². The molecule has 1 aromatic rings. The molecular formula is C12H18N2O. The smallest absolute Gasteiger partial charge is 0.0700 e. The van der Waals surface area contributed by atoms with E-state index in [0.717, 1.165) is 26.1 Å². The predicted molar refractivity (Wildman–Crippen MR) is 59.8 cm³/mol. The molecule has 0 radical (unpaired) electrons. The summed E-state index contributed by atoms with van der Waals surface area (Å²) in [5.74, 6) is 0. The van der Waals surface area contributed by atoms with E-state index in [4.69, 9.17) is 4.74 Å². The Morgan fingerprint density at radius 2 is 2.27 bits per heavy atom. The molecule has 0 bridgehead atoms. The Morgan fingerprint density at radius 1 is 1.40 bits per heavy atom. The molecule has 1 aromatic heterocycles. The zero-order valence-electron chi connectivity index (χ0n) is 8.98. The Morgan fingerprint density at radius 3 is 3.00 bits per heavy atom. The number of nitrogens with zero attached hydrogens (tertiary/aromatic N) is 1. The molecule has 2 rings (SSSR count). The number of ether oxygens (including phenoxy) is 1. The van der Waals surface area contributed by atoms with Gasteiger partial charge >= 0.3 is 0 Å². The van der Waals surface area contributed by atoms with E-state index in [1.165, 1.54) is 18.4 Å². The van der Waals surface area contributed by atoms with Crippen LogP contribution in [0.4, 0.5) is 0 Å². The Kier molecular flexibility index (Phi) is 4.11. The van der Waals surface area contributed by atoms with Crippen molar-refractivity contribution in [2.75, 3.05) is 19.7 Å². The molecule has 3 nitrogen and oxygen atoms in total. The van der Waals surface area contributed by atoms with Crippen molar-refractivity contribution in [1.29, 1.82) is 0 Å². The van der Waals surface area contributed by atoms with Crippen LogP contribution >= 0.6 is 0 Å². The summed E-state index contributed by atoms with van der Waals surface area (Å²) in [4.78, 5) is 4.00. The van der Waals surface area contributed by atoms with Crippen LogP contribution < -0.4 is 5.32 Å². The molecule has 0 aromatic carbocycles. The first-order valence-electron chi connectivity index (χ1n) is 5.66. The van der Waals surface area contributed by atoms with Gasteiger partial charge in [0.15, 0.2) is 0 Å². The van der Waals surface area contributed by atoms with Gasteiger partial charge in [-0.3, -0.25) is 4.98 Å². The molecule has 0 saturated carbocycles. The van der Waals surface area contributed by atoms with Gasteiger partial charge < -0.3 is 10.1 Å². The van der Waals surface area contributed by atoms with Gasteiger partial charge in [0.2, 0.25) is 0 Å². The second-order valence-electron chi connectivity index (χ2n) is 3.94. The maximum absolute atomic E-state index is 5.53. The van der Waals surface area contributed by atoms with E-state index in [1.54, 1.807) is 0 Å². The lowest BCUT2D eigenvalue weighted by Gasteiger charge is -2.10. The maximum atomic E-state index is 5.53. The Hall–Kier alpha value is -0.930. The van der Waals surface area contributed by atoms with Crippen LogP contribution in [0.2, 0.25) is 0 Å². The Balaban J connectivity index is 1.59.